The molecule has 8 nitrogen and oxygen atoms in total. The Balaban J connectivity index is 1.37. The SMILES string of the molecule is O=C(COC(=O)CCc1ncc(-c2ccc(F)cc2F)o1)NC(=O)NCc1ccccc1. The van der Waals surface area contributed by atoms with Gasteiger partial charge in [-0.25, -0.2) is 18.6 Å². The van der Waals surface area contributed by atoms with E-state index in [1.165, 1.54) is 12.3 Å². The van der Waals surface area contributed by atoms with E-state index in [-0.39, 0.29) is 36.6 Å². The fraction of sp³-hybridized carbons (Fsp3) is 0.182. The summed E-state index contributed by atoms with van der Waals surface area (Å²) in [6, 6.07) is 11.4. The highest BCUT2D eigenvalue weighted by molar-refractivity contribution is 5.95. The first-order chi connectivity index (χ1) is 15.4. The molecule has 0 radical (unpaired) electrons. The highest BCUT2D eigenvalue weighted by Crippen LogP contribution is 2.24. The van der Waals surface area contributed by atoms with Crippen LogP contribution in [0.2, 0.25) is 0 Å². The zero-order valence-corrected chi connectivity index (χ0v) is 16.8. The third-order valence-corrected chi connectivity index (χ3v) is 4.21. The zero-order chi connectivity index (χ0) is 22.9. The van der Waals surface area contributed by atoms with Crippen LogP contribution in [0.3, 0.4) is 0 Å². The quantitative estimate of drug-likeness (QED) is 0.518. The molecule has 0 saturated heterocycles. The number of imide groups is 1. The van der Waals surface area contributed by atoms with Gasteiger partial charge in [0.05, 0.1) is 18.2 Å². The molecule has 1 aromatic heterocycles. The summed E-state index contributed by atoms with van der Waals surface area (Å²) in [4.78, 5) is 39.2. The number of ether oxygens (including phenoxy) is 1. The van der Waals surface area contributed by atoms with Crippen molar-refractivity contribution in [2.45, 2.75) is 19.4 Å². The van der Waals surface area contributed by atoms with Crippen molar-refractivity contribution in [1.29, 1.82) is 0 Å². The third kappa shape index (κ3) is 6.73. The van der Waals surface area contributed by atoms with Gasteiger partial charge in [-0.2, -0.15) is 0 Å². The fourth-order valence-corrected chi connectivity index (χ4v) is 2.65. The minimum Gasteiger partial charge on any atom is -0.456 e. The molecule has 0 unspecified atom stereocenters. The smallest absolute Gasteiger partial charge is 0.321 e. The molecular formula is C22H19F2N3O5. The van der Waals surface area contributed by atoms with E-state index in [1.54, 1.807) is 0 Å². The van der Waals surface area contributed by atoms with Gasteiger partial charge in [-0.15, -0.1) is 0 Å². The molecule has 1 heterocycles. The van der Waals surface area contributed by atoms with Crippen LogP contribution in [0.15, 0.2) is 59.1 Å². The van der Waals surface area contributed by atoms with Crippen molar-refractivity contribution in [2.75, 3.05) is 6.61 Å². The Morgan fingerprint density at radius 2 is 1.84 bits per heavy atom. The lowest BCUT2D eigenvalue weighted by molar-refractivity contribution is -0.148. The number of rotatable bonds is 8. The molecule has 2 N–H and O–H groups in total. The van der Waals surface area contributed by atoms with Crippen LogP contribution >= 0.6 is 0 Å². The molecule has 0 aliphatic carbocycles. The van der Waals surface area contributed by atoms with Crippen LogP contribution in [0.25, 0.3) is 11.3 Å². The molecule has 166 valence electrons. The minimum atomic E-state index is -0.800. The van der Waals surface area contributed by atoms with E-state index >= 15 is 0 Å². The maximum atomic E-state index is 13.8. The number of aromatic nitrogens is 1. The predicted octanol–water partition coefficient (Wildman–Crippen LogP) is 3.12. The van der Waals surface area contributed by atoms with Crippen LogP contribution in [-0.4, -0.2) is 29.5 Å². The number of benzene rings is 2. The molecule has 0 spiro atoms. The number of urea groups is 1. The number of hydrogen-bond donors (Lipinski definition) is 2. The minimum absolute atomic E-state index is 0.0370. The molecule has 3 amide bonds. The Hall–Kier alpha value is -4.08. The van der Waals surface area contributed by atoms with E-state index in [2.05, 4.69) is 15.6 Å². The Labute approximate surface area is 181 Å². The number of nitrogens with zero attached hydrogens (tertiary/aromatic N) is 1. The van der Waals surface area contributed by atoms with Gasteiger partial charge in [0.2, 0.25) is 0 Å². The van der Waals surface area contributed by atoms with Gasteiger partial charge >= 0.3 is 12.0 Å². The Kier molecular flexibility index (Phi) is 7.63. The molecule has 0 bridgehead atoms. The Morgan fingerprint density at radius 3 is 2.59 bits per heavy atom. The lowest BCUT2D eigenvalue weighted by atomic mass is 10.2. The maximum absolute atomic E-state index is 13.8. The van der Waals surface area contributed by atoms with Crippen LogP contribution < -0.4 is 10.6 Å². The average Bonchev–Trinajstić information content (AvgIpc) is 3.24. The van der Waals surface area contributed by atoms with Crippen molar-refractivity contribution in [1.82, 2.24) is 15.6 Å². The molecule has 0 aliphatic rings. The van der Waals surface area contributed by atoms with E-state index in [4.69, 9.17) is 9.15 Å². The van der Waals surface area contributed by atoms with Gasteiger partial charge in [0.25, 0.3) is 5.91 Å². The van der Waals surface area contributed by atoms with E-state index in [0.29, 0.717) is 0 Å². The first-order valence-corrected chi connectivity index (χ1v) is 9.58. The molecule has 3 aromatic rings. The van der Waals surface area contributed by atoms with E-state index in [9.17, 15) is 23.2 Å². The number of carbonyl (C=O) groups excluding carboxylic acids is 3. The summed E-state index contributed by atoms with van der Waals surface area (Å²) in [5, 5.41) is 4.56. The molecule has 2 aromatic carbocycles. The van der Waals surface area contributed by atoms with Crippen molar-refractivity contribution in [3.63, 3.8) is 0 Å². The second-order valence-corrected chi connectivity index (χ2v) is 6.62. The molecule has 0 atom stereocenters. The summed E-state index contributed by atoms with van der Waals surface area (Å²) in [6.07, 6.45) is 1.15. The summed E-state index contributed by atoms with van der Waals surface area (Å²) in [5.74, 6) is -2.78. The van der Waals surface area contributed by atoms with Gasteiger partial charge < -0.3 is 14.5 Å². The topological polar surface area (TPSA) is 111 Å². The van der Waals surface area contributed by atoms with Gasteiger partial charge in [-0.05, 0) is 17.7 Å². The summed E-state index contributed by atoms with van der Waals surface area (Å²) in [6.45, 7) is -0.394. The van der Waals surface area contributed by atoms with Crippen LogP contribution in [0, 0.1) is 11.6 Å². The van der Waals surface area contributed by atoms with Gasteiger partial charge in [0.15, 0.2) is 18.3 Å². The maximum Gasteiger partial charge on any atom is 0.321 e. The average molecular weight is 443 g/mol. The first kappa shape index (κ1) is 22.6. The van der Waals surface area contributed by atoms with Crippen molar-refractivity contribution >= 4 is 17.9 Å². The monoisotopic (exact) mass is 443 g/mol. The summed E-state index contributed by atoms with van der Waals surface area (Å²) < 4.78 is 37.0. The van der Waals surface area contributed by atoms with Gasteiger partial charge in [-0.1, -0.05) is 30.3 Å². The summed E-state index contributed by atoms with van der Waals surface area (Å²) in [5.41, 5.74) is 0.897. The van der Waals surface area contributed by atoms with Crippen LogP contribution in [0.4, 0.5) is 13.6 Å². The normalized spacial score (nSPS) is 10.4. The second kappa shape index (κ2) is 10.8. The molecule has 10 heteroatoms. The molecule has 32 heavy (non-hydrogen) atoms. The van der Waals surface area contributed by atoms with E-state index < -0.39 is 36.1 Å². The summed E-state index contributed by atoms with van der Waals surface area (Å²) in [7, 11) is 0. The number of carbonyl (C=O) groups is 3. The predicted molar refractivity (Wildman–Crippen MR) is 108 cm³/mol. The first-order valence-electron chi connectivity index (χ1n) is 9.58. The van der Waals surface area contributed by atoms with Crippen molar-refractivity contribution in [3.8, 4) is 11.3 Å². The third-order valence-electron chi connectivity index (χ3n) is 4.21. The number of amides is 3. The van der Waals surface area contributed by atoms with Crippen molar-refractivity contribution in [2.24, 2.45) is 0 Å². The van der Waals surface area contributed by atoms with E-state index in [0.717, 1.165) is 17.7 Å². The highest BCUT2D eigenvalue weighted by Gasteiger charge is 2.15. The lowest BCUT2D eigenvalue weighted by Crippen LogP contribution is -2.41. The number of hydrogen-bond acceptors (Lipinski definition) is 6. The second-order valence-electron chi connectivity index (χ2n) is 6.62. The Bertz CT molecular complexity index is 1100. The molecule has 0 aliphatic heterocycles. The fourth-order valence-electron chi connectivity index (χ4n) is 2.65. The lowest BCUT2D eigenvalue weighted by Gasteiger charge is -2.07. The number of oxazole rings is 1. The number of aryl methyl sites for hydroxylation is 1. The molecule has 3 rings (SSSR count). The van der Waals surface area contributed by atoms with Gasteiger partial charge in [0.1, 0.15) is 11.6 Å². The molecule has 0 saturated carbocycles. The summed E-state index contributed by atoms with van der Waals surface area (Å²) >= 11 is 0. The largest absolute Gasteiger partial charge is 0.456 e. The van der Waals surface area contributed by atoms with Crippen molar-refractivity contribution in [3.05, 3.63) is 77.8 Å². The van der Waals surface area contributed by atoms with Gasteiger partial charge in [0, 0.05) is 19.0 Å². The Morgan fingerprint density at radius 1 is 1.06 bits per heavy atom. The standard InChI is InChI=1S/C22H19F2N3O5/c23-15-6-7-16(17(24)10-15)18-12-25-20(32-18)8-9-21(29)31-13-19(28)27-22(30)26-11-14-4-2-1-3-5-14/h1-7,10,12H,8-9,11,13H2,(H2,26,27,28,30). The van der Waals surface area contributed by atoms with Crippen LogP contribution in [0.5, 0.6) is 0 Å². The van der Waals surface area contributed by atoms with Gasteiger partial charge in [-0.3, -0.25) is 14.9 Å². The van der Waals surface area contributed by atoms with Crippen molar-refractivity contribution < 1.29 is 32.3 Å². The van der Waals surface area contributed by atoms with Crippen LogP contribution in [-0.2, 0) is 27.3 Å². The molecule has 0 fully saturated rings. The number of nitrogens with one attached hydrogen (secondary N) is 2. The van der Waals surface area contributed by atoms with Crippen LogP contribution in [0.1, 0.15) is 17.9 Å². The number of halogens is 2. The highest BCUT2D eigenvalue weighted by atomic mass is 19.1. The number of esters is 1. The van der Waals surface area contributed by atoms with E-state index in [1.807, 2.05) is 30.3 Å². The zero-order valence-electron chi connectivity index (χ0n) is 16.8. The molecular weight excluding hydrogens is 424 g/mol.